The van der Waals surface area contributed by atoms with Gasteiger partial charge in [0.1, 0.15) is 18.3 Å². The maximum atomic E-state index is 12.4. The lowest BCUT2D eigenvalue weighted by Gasteiger charge is -2.15. The van der Waals surface area contributed by atoms with Crippen LogP contribution in [0.1, 0.15) is 34.0 Å². The number of nitrogens with one attached hydrogen (secondary N) is 2. The van der Waals surface area contributed by atoms with E-state index in [2.05, 4.69) is 34.3 Å². The van der Waals surface area contributed by atoms with Gasteiger partial charge in [-0.1, -0.05) is 54.6 Å². The first-order chi connectivity index (χ1) is 16.5. The lowest BCUT2D eigenvalue weighted by atomic mass is 9.98. The quantitative estimate of drug-likeness (QED) is 0.437. The summed E-state index contributed by atoms with van der Waals surface area (Å²) in [6.07, 6.45) is 2.16. The van der Waals surface area contributed by atoms with Crippen molar-refractivity contribution in [3.05, 3.63) is 96.3 Å². The lowest BCUT2D eigenvalue weighted by molar-refractivity contribution is -0.139. The van der Waals surface area contributed by atoms with Crippen LogP contribution in [0.15, 0.2) is 79.5 Å². The fraction of sp³-hybridized carbons (Fsp3) is 0.154. The third-order valence-corrected chi connectivity index (χ3v) is 5.59. The molecule has 172 valence electrons. The Balaban J connectivity index is 1.36. The summed E-state index contributed by atoms with van der Waals surface area (Å²) in [5.41, 5.74) is 4.88. The Bertz CT molecular complexity index is 1190. The third kappa shape index (κ3) is 4.80. The first kappa shape index (κ1) is 22.7. The number of benzene rings is 2. The summed E-state index contributed by atoms with van der Waals surface area (Å²) < 4.78 is 5.50. The maximum Gasteiger partial charge on any atom is 0.411 e. The Hall–Kier alpha value is -4.46. The minimum atomic E-state index is -1.17. The van der Waals surface area contributed by atoms with Crippen LogP contribution < -0.4 is 10.6 Å². The van der Waals surface area contributed by atoms with Gasteiger partial charge >= 0.3 is 12.1 Å². The van der Waals surface area contributed by atoms with Crippen molar-refractivity contribution in [1.82, 2.24) is 10.3 Å². The number of aromatic nitrogens is 1. The van der Waals surface area contributed by atoms with E-state index in [1.165, 1.54) is 24.4 Å². The fourth-order valence-electron chi connectivity index (χ4n) is 3.97. The van der Waals surface area contributed by atoms with Crippen LogP contribution in [0.5, 0.6) is 0 Å². The molecule has 34 heavy (non-hydrogen) atoms. The largest absolute Gasteiger partial charge is 0.480 e. The second-order valence-corrected chi connectivity index (χ2v) is 7.77. The molecule has 8 heteroatoms. The van der Waals surface area contributed by atoms with E-state index in [-0.39, 0.29) is 24.6 Å². The molecule has 0 fully saturated rings. The molecule has 8 nitrogen and oxygen atoms in total. The van der Waals surface area contributed by atoms with Gasteiger partial charge in [-0.05, 0) is 40.8 Å². The van der Waals surface area contributed by atoms with Crippen molar-refractivity contribution in [3.63, 3.8) is 0 Å². The van der Waals surface area contributed by atoms with Gasteiger partial charge in [-0.3, -0.25) is 10.1 Å². The molecule has 2 aromatic carbocycles. The smallest absolute Gasteiger partial charge is 0.411 e. The van der Waals surface area contributed by atoms with Crippen LogP contribution in [0.2, 0.25) is 0 Å². The summed E-state index contributed by atoms with van der Waals surface area (Å²) in [5, 5.41) is 14.1. The number of pyridine rings is 1. The van der Waals surface area contributed by atoms with Gasteiger partial charge in [0.05, 0.1) is 11.9 Å². The van der Waals surface area contributed by atoms with Crippen LogP contribution in [0.4, 0.5) is 10.5 Å². The normalized spacial score (nSPS) is 12.7. The number of aliphatic carboxylic acids is 1. The number of carboxylic acids is 1. The van der Waals surface area contributed by atoms with Crippen LogP contribution in [-0.2, 0) is 9.53 Å². The van der Waals surface area contributed by atoms with Crippen LogP contribution in [0.25, 0.3) is 11.1 Å². The molecule has 2 amide bonds. The highest BCUT2D eigenvalue weighted by atomic mass is 16.5. The molecule has 0 bridgehead atoms. The summed E-state index contributed by atoms with van der Waals surface area (Å²) in [6, 6.07) is 17.9. The summed E-state index contributed by atoms with van der Waals surface area (Å²) in [4.78, 5) is 39.8. The number of ether oxygens (including phenoxy) is 1. The molecule has 1 atom stereocenters. The standard InChI is InChI=1S/C26H23N3O5/c1-2-7-23(25(31)32)29-24(30)22-13-12-16(14-27-22)28-26(33)34-15-21-19-10-5-3-8-17(19)18-9-4-6-11-20(18)21/h2-6,8-14,21,23H,1,7,15H2,(H,28,33)(H,29,30)(H,31,32). The van der Waals surface area contributed by atoms with Gasteiger partial charge in [0.15, 0.2) is 0 Å². The van der Waals surface area contributed by atoms with Crippen LogP contribution in [0.3, 0.4) is 0 Å². The molecule has 1 heterocycles. The SMILES string of the molecule is C=CCC(NC(=O)c1ccc(NC(=O)OCC2c3ccccc3-c3ccccc32)cn1)C(=O)O. The van der Waals surface area contributed by atoms with Crippen LogP contribution >= 0.6 is 0 Å². The van der Waals surface area contributed by atoms with Crippen molar-refractivity contribution in [2.45, 2.75) is 18.4 Å². The van der Waals surface area contributed by atoms with Crippen LogP contribution in [0, 0.1) is 0 Å². The number of carboxylic acid groups (broad SMARTS) is 1. The van der Waals surface area contributed by atoms with Gasteiger partial charge in [0.2, 0.25) is 0 Å². The molecular weight excluding hydrogens is 434 g/mol. The number of fused-ring (bicyclic) bond motifs is 3. The van der Waals surface area contributed by atoms with Crippen molar-refractivity contribution in [1.29, 1.82) is 0 Å². The van der Waals surface area contributed by atoms with E-state index >= 15 is 0 Å². The number of rotatable bonds is 8. The number of carbonyl (C=O) groups excluding carboxylic acids is 2. The minimum absolute atomic E-state index is 0.0217. The number of anilines is 1. The van der Waals surface area contributed by atoms with Crippen molar-refractivity contribution in [2.24, 2.45) is 0 Å². The molecule has 0 radical (unpaired) electrons. The van der Waals surface area contributed by atoms with Gasteiger partial charge in [-0.15, -0.1) is 6.58 Å². The number of amides is 2. The van der Waals surface area contributed by atoms with E-state index in [1.807, 2.05) is 36.4 Å². The summed E-state index contributed by atoms with van der Waals surface area (Å²) in [7, 11) is 0. The Kier molecular flexibility index (Phi) is 6.68. The third-order valence-electron chi connectivity index (χ3n) is 5.59. The summed E-state index contributed by atoms with van der Waals surface area (Å²) in [6.45, 7) is 3.66. The Morgan fingerprint density at radius 2 is 1.68 bits per heavy atom. The van der Waals surface area contributed by atoms with Gasteiger partial charge in [-0.25, -0.2) is 14.6 Å². The predicted molar refractivity (Wildman–Crippen MR) is 127 cm³/mol. The second kappa shape index (κ2) is 9.99. The summed E-state index contributed by atoms with van der Waals surface area (Å²) in [5.74, 6) is -1.86. The molecule has 1 aliphatic carbocycles. The Labute approximate surface area is 196 Å². The molecule has 1 aromatic heterocycles. The first-order valence-electron chi connectivity index (χ1n) is 10.7. The molecule has 3 N–H and O–H groups in total. The number of nitrogens with zero attached hydrogens (tertiary/aromatic N) is 1. The molecule has 3 aromatic rings. The highest BCUT2D eigenvalue weighted by Gasteiger charge is 2.29. The molecule has 0 spiro atoms. The van der Waals surface area contributed by atoms with E-state index in [9.17, 15) is 14.4 Å². The van der Waals surface area contributed by atoms with Crippen molar-refractivity contribution < 1.29 is 24.2 Å². The van der Waals surface area contributed by atoms with Gasteiger partial charge in [0, 0.05) is 5.92 Å². The lowest BCUT2D eigenvalue weighted by Crippen LogP contribution is -2.40. The van der Waals surface area contributed by atoms with Crippen molar-refractivity contribution >= 4 is 23.7 Å². The molecule has 0 aliphatic heterocycles. The second-order valence-electron chi connectivity index (χ2n) is 7.77. The van der Waals surface area contributed by atoms with Gasteiger partial charge < -0.3 is 15.2 Å². The van der Waals surface area contributed by atoms with Crippen molar-refractivity contribution in [3.8, 4) is 11.1 Å². The predicted octanol–water partition coefficient (Wildman–Crippen LogP) is 4.20. The number of carbonyl (C=O) groups is 3. The number of hydrogen-bond acceptors (Lipinski definition) is 5. The average molecular weight is 457 g/mol. The van der Waals surface area contributed by atoms with E-state index < -0.39 is 24.0 Å². The summed E-state index contributed by atoms with van der Waals surface area (Å²) >= 11 is 0. The molecule has 0 saturated carbocycles. The fourth-order valence-corrected chi connectivity index (χ4v) is 3.97. The molecular formula is C26H23N3O5. The molecule has 0 saturated heterocycles. The van der Waals surface area contributed by atoms with Crippen molar-refractivity contribution in [2.75, 3.05) is 11.9 Å². The monoisotopic (exact) mass is 457 g/mol. The van der Waals surface area contributed by atoms with E-state index in [0.717, 1.165) is 22.3 Å². The highest BCUT2D eigenvalue weighted by molar-refractivity contribution is 5.95. The molecule has 1 aliphatic rings. The highest BCUT2D eigenvalue weighted by Crippen LogP contribution is 2.44. The average Bonchev–Trinajstić information content (AvgIpc) is 3.16. The topological polar surface area (TPSA) is 118 Å². The molecule has 1 unspecified atom stereocenters. The zero-order valence-electron chi connectivity index (χ0n) is 18.2. The van der Waals surface area contributed by atoms with E-state index in [4.69, 9.17) is 9.84 Å². The Morgan fingerprint density at radius 1 is 1.03 bits per heavy atom. The number of hydrogen-bond donors (Lipinski definition) is 3. The maximum absolute atomic E-state index is 12.4. The van der Waals surface area contributed by atoms with Gasteiger partial charge in [-0.2, -0.15) is 0 Å². The van der Waals surface area contributed by atoms with E-state index in [1.54, 1.807) is 0 Å². The molecule has 4 rings (SSSR count). The zero-order valence-corrected chi connectivity index (χ0v) is 18.2. The minimum Gasteiger partial charge on any atom is -0.480 e. The van der Waals surface area contributed by atoms with Gasteiger partial charge in [0.25, 0.3) is 5.91 Å². The van der Waals surface area contributed by atoms with Crippen LogP contribution in [-0.4, -0.2) is 40.7 Å². The Morgan fingerprint density at radius 3 is 2.24 bits per heavy atom. The first-order valence-corrected chi connectivity index (χ1v) is 10.7. The zero-order chi connectivity index (χ0) is 24.1. The van der Waals surface area contributed by atoms with E-state index in [0.29, 0.717) is 5.69 Å².